The van der Waals surface area contributed by atoms with Crippen LogP contribution in [0.15, 0.2) is 0 Å². The van der Waals surface area contributed by atoms with Crippen molar-refractivity contribution >= 4 is 12.6 Å². The first kappa shape index (κ1) is 15.2. The molecule has 15 heavy (non-hydrogen) atoms. The van der Waals surface area contributed by atoms with Crippen LogP contribution in [0, 0.1) is 0 Å². The highest BCUT2D eigenvalue weighted by molar-refractivity contribution is 7.80. The van der Waals surface area contributed by atoms with Gasteiger partial charge in [-0.3, -0.25) is 0 Å². The van der Waals surface area contributed by atoms with E-state index >= 15 is 0 Å². The predicted octanol–water partition coefficient (Wildman–Crippen LogP) is 1.21. The van der Waals surface area contributed by atoms with Gasteiger partial charge < -0.3 is 14.5 Å². The Balaban J connectivity index is 3.38. The number of rotatable bonds is 10. The zero-order valence-electron chi connectivity index (χ0n) is 10.4. The predicted molar refractivity (Wildman–Crippen MR) is 70.0 cm³/mol. The molecule has 0 aromatic carbocycles. The van der Waals surface area contributed by atoms with Crippen molar-refractivity contribution < 1.29 is 4.74 Å². The Hall–Kier alpha value is 0.230. The second kappa shape index (κ2) is 10.7. The third-order valence-corrected chi connectivity index (χ3v) is 2.50. The summed E-state index contributed by atoms with van der Waals surface area (Å²) in [5.41, 5.74) is 0. The van der Waals surface area contributed by atoms with Crippen LogP contribution in [0.2, 0.25) is 0 Å². The van der Waals surface area contributed by atoms with E-state index < -0.39 is 0 Å². The minimum absolute atomic E-state index is 0.762. The standard InChI is InChI=1S/C11H26N2OS/c1-4-13(7-5-6-12(2)3)8-9-14-10-11-15/h15H,4-11H2,1-3H3. The average Bonchev–Trinajstić information content (AvgIpc) is 2.21. The highest BCUT2D eigenvalue weighted by Crippen LogP contribution is 1.93. The Bertz CT molecular complexity index is 134. The molecule has 0 amide bonds. The quantitative estimate of drug-likeness (QED) is 0.452. The summed E-state index contributed by atoms with van der Waals surface area (Å²) in [7, 11) is 4.23. The normalized spacial score (nSPS) is 11.6. The van der Waals surface area contributed by atoms with Crippen LogP contribution in [0.5, 0.6) is 0 Å². The Labute approximate surface area is 100 Å². The third-order valence-electron chi connectivity index (χ3n) is 2.31. The largest absolute Gasteiger partial charge is 0.379 e. The van der Waals surface area contributed by atoms with Crippen LogP contribution in [0.1, 0.15) is 13.3 Å². The lowest BCUT2D eigenvalue weighted by Crippen LogP contribution is -2.30. The van der Waals surface area contributed by atoms with E-state index in [1.54, 1.807) is 0 Å². The van der Waals surface area contributed by atoms with Gasteiger partial charge in [0.2, 0.25) is 0 Å². The number of thiol groups is 1. The molecule has 0 aliphatic rings. The summed E-state index contributed by atoms with van der Waals surface area (Å²) in [6, 6.07) is 0. The molecule has 0 heterocycles. The Morgan fingerprint density at radius 1 is 1.07 bits per heavy atom. The summed E-state index contributed by atoms with van der Waals surface area (Å²) < 4.78 is 5.41. The van der Waals surface area contributed by atoms with Crippen molar-refractivity contribution in [3.8, 4) is 0 Å². The van der Waals surface area contributed by atoms with E-state index in [0.717, 1.165) is 38.6 Å². The van der Waals surface area contributed by atoms with Crippen LogP contribution >= 0.6 is 12.6 Å². The Morgan fingerprint density at radius 2 is 1.80 bits per heavy atom. The fourth-order valence-corrected chi connectivity index (χ4v) is 1.53. The fraction of sp³-hybridized carbons (Fsp3) is 1.00. The smallest absolute Gasteiger partial charge is 0.0593 e. The maximum atomic E-state index is 5.41. The lowest BCUT2D eigenvalue weighted by molar-refractivity contribution is 0.116. The van der Waals surface area contributed by atoms with Crippen LogP contribution in [-0.4, -0.2) is 69.0 Å². The summed E-state index contributed by atoms with van der Waals surface area (Å²) in [4.78, 5) is 4.66. The highest BCUT2D eigenvalue weighted by Gasteiger charge is 2.01. The molecule has 0 unspecified atom stereocenters. The first-order chi connectivity index (χ1) is 7.20. The molecule has 0 radical (unpaired) electrons. The summed E-state index contributed by atoms with van der Waals surface area (Å²) in [5.74, 6) is 0.812. The van der Waals surface area contributed by atoms with Crippen molar-refractivity contribution in [2.45, 2.75) is 13.3 Å². The second-order valence-electron chi connectivity index (χ2n) is 3.93. The second-order valence-corrected chi connectivity index (χ2v) is 4.37. The lowest BCUT2D eigenvalue weighted by atomic mass is 10.3. The topological polar surface area (TPSA) is 15.7 Å². The number of hydrogen-bond acceptors (Lipinski definition) is 4. The van der Waals surface area contributed by atoms with E-state index in [0.29, 0.717) is 0 Å². The number of ether oxygens (including phenoxy) is 1. The number of hydrogen-bond donors (Lipinski definition) is 1. The van der Waals surface area contributed by atoms with Gasteiger partial charge in [0, 0.05) is 12.3 Å². The van der Waals surface area contributed by atoms with Gasteiger partial charge in [-0.2, -0.15) is 12.6 Å². The van der Waals surface area contributed by atoms with Crippen molar-refractivity contribution in [1.82, 2.24) is 9.80 Å². The van der Waals surface area contributed by atoms with Crippen LogP contribution in [0.25, 0.3) is 0 Å². The molecule has 4 heteroatoms. The van der Waals surface area contributed by atoms with Crippen LogP contribution in [0.3, 0.4) is 0 Å². The average molecular weight is 234 g/mol. The van der Waals surface area contributed by atoms with E-state index in [-0.39, 0.29) is 0 Å². The van der Waals surface area contributed by atoms with Gasteiger partial charge in [0.15, 0.2) is 0 Å². The van der Waals surface area contributed by atoms with Gasteiger partial charge in [0.05, 0.1) is 13.2 Å². The molecule has 0 spiro atoms. The molecule has 0 rings (SSSR count). The molecule has 0 aromatic heterocycles. The number of nitrogens with zero attached hydrogens (tertiary/aromatic N) is 2. The van der Waals surface area contributed by atoms with Crippen LogP contribution < -0.4 is 0 Å². The van der Waals surface area contributed by atoms with Gasteiger partial charge in [-0.25, -0.2) is 0 Å². The first-order valence-electron chi connectivity index (χ1n) is 5.76. The summed E-state index contributed by atoms with van der Waals surface area (Å²) >= 11 is 4.10. The van der Waals surface area contributed by atoms with E-state index in [9.17, 15) is 0 Å². The summed E-state index contributed by atoms with van der Waals surface area (Å²) in [5, 5.41) is 0. The van der Waals surface area contributed by atoms with E-state index in [2.05, 4.69) is 43.4 Å². The van der Waals surface area contributed by atoms with Gasteiger partial charge in [0.25, 0.3) is 0 Å². The third kappa shape index (κ3) is 10.5. The minimum Gasteiger partial charge on any atom is -0.379 e. The molecule has 0 aliphatic carbocycles. The zero-order valence-corrected chi connectivity index (χ0v) is 11.3. The summed E-state index contributed by atoms with van der Waals surface area (Å²) in [6.45, 7) is 8.27. The summed E-state index contributed by atoms with van der Waals surface area (Å²) in [6.07, 6.45) is 1.23. The van der Waals surface area contributed by atoms with Crippen molar-refractivity contribution in [2.24, 2.45) is 0 Å². The fourth-order valence-electron chi connectivity index (χ4n) is 1.40. The number of likely N-dealkylation sites (N-methyl/N-ethyl adjacent to an activating group) is 1. The van der Waals surface area contributed by atoms with Gasteiger partial charge in [-0.05, 0) is 40.2 Å². The molecule has 3 nitrogen and oxygen atoms in total. The monoisotopic (exact) mass is 234 g/mol. The zero-order chi connectivity index (χ0) is 11.5. The molecule has 92 valence electrons. The van der Waals surface area contributed by atoms with Crippen LogP contribution in [0.4, 0.5) is 0 Å². The van der Waals surface area contributed by atoms with E-state index in [4.69, 9.17) is 4.74 Å². The van der Waals surface area contributed by atoms with Gasteiger partial charge in [-0.15, -0.1) is 0 Å². The molecule has 0 saturated carbocycles. The molecule has 0 N–H and O–H groups in total. The van der Waals surface area contributed by atoms with Gasteiger partial charge >= 0.3 is 0 Å². The molecule has 0 fully saturated rings. The lowest BCUT2D eigenvalue weighted by Gasteiger charge is -2.21. The first-order valence-corrected chi connectivity index (χ1v) is 6.39. The van der Waals surface area contributed by atoms with E-state index in [1.807, 2.05) is 0 Å². The molecular formula is C11H26N2OS. The highest BCUT2D eigenvalue weighted by atomic mass is 32.1. The van der Waals surface area contributed by atoms with Crippen molar-refractivity contribution in [3.63, 3.8) is 0 Å². The SMILES string of the molecule is CCN(CCCN(C)C)CCOCCS. The van der Waals surface area contributed by atoms with Crippen LogP contribution in [-0.2, 0) is 4.74 Å². The maximum absolute atomic E-state index is 5.41. The molecule has 0 aromatic rings. The van der Waals surface area contributed by atoms with Crippen molar-refractivity contribution in [2.75, 3.05) is 59.2 Å². The van der Waals surface area contributed by atoms with Gasteiger partial charge in [-0.1, -0.05) is 6.92 Å². The van der Waals surface area contributed by atoms with Crippen molar-refractivity contribution in [1.29, 1.82) is 0 Å². The Kier molecular flexibility index (Phi) is 10.9. The molecular weight excluding hydrogens is 208 g/mol. The molecule has 0 bridgehead atoms. The Morgan fingerprint density at radius 3 is 2.33 bits per heavy atom. The van der Waals surface area contributed by atoms with Crippen molar-refractivity contribution in [3.05, 3.63) is 0 Å². The maximum Gasteiger partial charge on any atom is 0.0593 e. The molecule has 0 saturated heterocycles. The molecule has 0 atom stereocenters. The van der Waals surface area contributed by atoms with Gasteiger partial charge in [0.1, 0.15) is 0 Å². The minimum atomic E-state index is 0.762. The molecule has 0 aliphatic heterocycles. The van der Waals surface area contributed by atoms with E-state index in [1.165, 1.54) is 13.0 Å².